The van der Waals surface area contributed by atoms with Crippen LogP contribution in [0.2, 0.25) is 0 Å². The lowest BCUT2D eigenvalue weighted by atomic mass is 9.89. The largest absolute Gasteiger partial charge is 0.478 e. The van der Waals surface area contributed by atoms with E-state index in [2.05, 4.69) is 15.3 Å². The maximum absolute atomic E-state index is 12.0. The Morgan fingerprint density at radius 2 is 2.21 bits per heavy atom. The summed E-state index contributed by atoms with van der Waals surface area (Å²) in [5.74, 6) is -0.932. The van der Waals surface area contributed by atoms with Gasteiger partial charge in [0.2, 0.25) is 0 Å². The van der Waals surface area contributed by atoms with Crippen LogP contribution in [0.5, 0.6) is 0 Å². The fourth-order valence-corrected chi connectivity index (χ4v) is 2.02. The molecule has 2 N–H and O–H groups in total. The molecular weight excluding hydrogens is 246 g/mol. The molecule has 102 valence electrons. The monoisotopic (exact) mass is 263 g/mol. The Kier molecular flexibility index (Phi) is 3.26. The fourth-order valence-electron chi connectivity index (χ4n) is 2.02. The highest BCUT2D eigenvalue weighted by molar-refractivity contribution is 6.17. The zero-order chi connectivity index (χ0) is 14.2. The van der Waals surface area contributed by atoms with E-state index >= 15 is 0 Å². The maximum atomic E-state index is 12.0. The molecule has 1 unspecified atom stereocenters. The molecule has 1 atom stereocenters. The summed E-state index contributed by atoms with van der Waals surface area (Å²) in [5.41, 5.74) is -0.384. The van der Waals surface area contributed by atoms with E-state index in [1.54, 1.807) is 13.1 Å². The second-order valence-corrected chi connectivity index (χ2v) is 5.20. The molecule has 0 radical (unpaired) electrons. The third kappa shape index (κ3) is 2.18. The molecule has 0 aromatic rings. The van der Waals surface area contributed by atoms with Gasteiger partial charge in [0.05, 0.1) is 5.57 Å². The van der Waals surface area contributed by atoms with E-state index < -0.39 is 11.5 Å². The van der Waals surface area contributed by atoms with E-state index in [-0.39, 0.29) is 28.9 Å². The third-order valence-electron chi connectivity index (χ3n) is 3.67. The van der Waals surface area contributed by atoms with Gasteiger partial charge >= 0.3 is 5.97 Å². The number of amides is 1. The number of aliphatic imine (C=N–C) groups is 2. The van der Waals surface area contributed by atoms with E-state index in [1.807, 2.05) is 13.8 Å². The molecule has 6 nitrogen and oxygen atoms in total. The number of nitrogens with one attached hydrogen (secondary N) is 1. The molecule has 2 aliphatic rings. The first-order chi connectivity index (χ1) is 8.86. The van der Waals surface area contributed by atoms with Crippen molar-refractivity contribution in [2.24, 2.45) is 15.9 Å². The standard InChI is InChI=1S/C13H17N3O3/c1-7(2)13(3)12(19)15-10(16-13)9-8(11(17)18)5-4-6-14-9/h6-7H,4-5H2,1-3H3,(H,17,18)(H,15,16,19). The molecule has 0 aliphatic carbocycles. The molecule has 0 spiro atoms. The second-order valence-electron chi connectivity index (χ2n) is 5.20. The van der Waals surface area contributed by atoms with Crippen molar-refractivity contribution in [1.29, 1.82) is 0 Å². The van der Waals surface area contributed by atoms with Gasteiger partial charge in [0.1, 0.15) is 11.2 Å². The van der Waals surface area contributed by atoms with Crippen LogP contribution in [0.4, 0.5) is 0 Å². The summed E-state index contributed by atoms with van der Waals surface area (Å²) in [5, 5.41) is 11.8. The molecule has 6 heteroatoms. The van der Waals surface area contributed by atoms with Crippen molar-refractivity contribution < 1.29 is 14.7 Å². The number of hydrogen-bond donors (Lipinski definition) is 2. The van der Waals surface area contributed by atoms with Crippen LogP contribution in [0.3, 0.4) is 0 Å². The van der Waals surface area contributed by atoms with E-state index in [4.69, 9.17) is 0 Å². The summed E-state index contributed by atoms with van der Waals surface area (Å²) in [4.78, 5) is 31.7. The Hall–Kier alpha value is -1.98. The van der Waals surface area contributed by atoms with Crippen LogP contribution >= 0.6 is 0 Å². The molecule has 0 bridgehead atoms. The van der Waals surface area contributed by atoms with Gasteiger partial charge in [-0.2, -0.15) is 0 Å². The van der Waals surface area contributed by atoms with E-state index in [0.29, 0.717) is 12.8 Å². The zero-order valence-corrected chi connectivity index (χ0v) is 11.2. The van der Waals surface area contributed by atoms with Gasteiger partial charge in [0.15, 0.2) is 5.84 Å². The minimum atomic E-state index is -1.01. The average molecular weight is 263 g/mol. The number of rotatable bonds is 3. The Morgan fingerprint density at radius 3 is 2.74 bits per heavy atom. The summed E-state index contributed by atoms with van der Waals surface area (Å²) in [6, 6.07) is 0. The Balaban J connectivity index is 2.46. The van der Waals surface area contributed by atoms with Crippen molar-refractivity contribution in [3.05, 3.63) is 11.3 Å². The highest BCUT2D eigenvalue weighted by atomic mass is 16.4. The number of amidine groups is 1. The predicted octanol–water partition coefficient (Wildman–Crippen LogP) is 1.13. The molecule has 0 fully saturated rings. The molecule has 0 aromatic heterocycles. The summed E-state index contributed by atoms with van der Waals surface area (Å²) < 4.78 is 0. The van der Waals surface area contributed by atoms with Crippen molar-refractivity contribution in [3.8, 4) is 0 Å². The van der Waals surface area contributed by atoms with E-state index in [0.717, 1.165) is 0 Å². The first-order valence-electron chi connectivity index (χ1n) is 6.27. The van der Waals surface area contributed by atoms with Gasteiger partial charge in [-0.05, 0) is 25.7 Å². The molecular formula is C13H17N3O3. The minimum absolute atomic E-state index is 0.0199. The van der Waals surface area contributed by atoms with E-state index in [9.17, 15) is 14.7 Å². The van der Waals surface area contributed by atoms with Crippen molar-refractivity contribution in [1.82, 2.24) is 5.32 Å². The Bertz CT molecular complexity index is 531. The van der Waals surface area contributed by atoms with Crippen molar-refractivity contribution >= 4 is 23.9 Å². The predicted molar refractivity (Wildman–Crippen MR) is 71.2 cm³/mol. The zero-order valence-electron chi connectivity index (χ0n) is 11.2. The van der Waals surface area contributed by atoms with Gasteiger partial charge in [-0.3, -0.25) is 9.79 Å². The molecule has 0 saturated carbocycles. The quantitative estimate of drug-likeness (QED) is 0.799. The van der Waals surface area contributed by atoms with Gasteiger partial charge in [0, 0.05) is 6.21 Å². The Labute approximate surface area is 111 Å². The summed E-state index contributed by atoms with van der Waals surface area (Å²) in [6.45, 7) is 5.55. The minimum Gasteiger partial charge on any atom is -0.478 e. The second kappa shape index (κ2) is 4.60. The Morgan fingerprint density at radius 1 is 1.53 bits per heavy atom. The lowest BCUT2D eigenvalue weighted by Crippen LogP contribution is -2.41. The SMILES string of the molecule is CC(C)C1(C)N=C(C2=C(C(=O)O)CCC=N2)NC1=O. The highest BCUT2D eigenvalue weighted by Crippen LogP contribution is 2.29. The van der Waals surface area contributed by atoms with E-state index in [1.165, 1.54) is 0 Å². The molecule has 1 amide bonds. The number of carboxylic acid groups (broad SMARTS) is 1. The van der Waals surface area contributed by atoms with Crippen molar-refractivity contribution in [3.63, 3.8) is 0 Å². The summed E-state index contributed by atoms with van der Waals surface area (Å²) in [7, 11) is 0. The van der Waals surface area contributed by atoms with Gasteiger partial charge in [0.25, 0.3) is 5.91 Å². The van der Waals surface area contributed by atoms with Crippen LogP contribution in [0.15, 0.2) is 21.3 Å². The number of carboxylic acids is 1. The van der Waals surface area contributed by atoms with Crippen LogP contribution in [-0.4, -0.2) is 34.6 Å². The number of aliphatic carboxylic acids is 1. The maximum Gasteiger partial charge on any atom is 0.333 e. The average Bonchev–Trinajstić information content (AvgIpc) is 2.67. The number of hydrogen-bond acceptors (Lipinski definition) is 4. The third-order valence-corrected chi connectivity index (χ3v) is 3.67. The van der Waals surface area contributed by atoms with Gasteiger partial charge in [-0.15, -0.1) is 0 Å². The first-order valence-corrected chi connectivity index (χ1v) is 6.27. The van der Waals surface area contributed by atoms with Crippen LogP contribution in [0.25, 0.3) is 0 Å². The lowest BCUT2D eigenvalue weighted by molar-refractivity contribution is -0.133. The first kappa shape index (κ1) is 13.5. The van der Waals surface area contributed by atoms with Crippen LogP contribution in [0, 0.1) is 5.92 Å². The molecule has 0 aromatic carbocycles. The summed E-state index contributed by atoms with van der Waals surface area (Å²) >= 11 is 0. The van der Waals surface area contributed by atoms with Gasteiger partial charge < -0.3 is 10.4 Å². The lowest BCUT2D eigenvalue weighted by Gasteiger charge is -2.21. The van der Waals surface area contributed by atoms with Gasteiger partial charge in [-0.1, -0.05) is 13.8 Å². The van der Waals surface area contributed by atoms with Gasteiger partial charge in [-0.25, -0.2) is 9.79 Å². The number of nitrogens with zero attached hydrogens (tertiary/aromatic N) is 2. The molecule has 2 heterocycles. The molecule has 19 heavy (non-hydrogen) atoms. The van der Waals surface area contributed by atoms with Crippen LogP contribution < -0.4 is 5.32 Å². The fraction of sp³-hybridized carbons (Fsp3) is 0.538. The van der Waals surface area contributed by atoms with Crippen LogP contribution in [-0.2, 0) is 9.59 Å². The normalized spacial score (nSPS) is 26.7. The van der Waals surface area contributed by atoms with Crippen molar-refractivity contribution in [2.75, 3.05) is 0 Å². The topological polar surface area (TPSA) is 91.1 Å². The van der Waals surface area contributed by atoms with Crippen LogP contribution in [0.1, 0.15) is 33.6 Å². The summed E-state index contributed by atoms with van der Waals surface area (Å²) in [6.07, 6.45) is 2.65. The smallest absolute Gasteiger partial charge is 0.333 e. The molecule has 0 saturated heterocycles. The number of carbonyl (C=O) groups excluding carboxylic acids is 1. The highest BCUT2D eigenvalue weighted by Gasteiger charge is 2.43. The molecule has 2 rings (SSSR count). The molecule has 2 aliphatic heterocycles. The van der Waals surface area contributed by atoms with Crippen molar-refractivity contribution in [2.45, 2.75) is 39.2 Å². The number of carbonyl (C=O) groups is 2.